The molecule has 0 radical (unpaired) electrons. The van der Waals surface area contributed by atoms with Crippen LogP contribution in [0.2, 0.25) is 19.4 Å². The van der Waals surface area contributed by atoms with Crippen LogP contribution in [-0.4, -0.2) is 0 Å². The van der Waals surface area contributed by atoms with E-state index in [0.717, 1.165) is 11.3 Å². The summed E-state index contributed by atoms with van der Waals surface area (Å²) in [5, 5.41) is 0.0658. The van der Waals surface area contributed by atoms with E-state index in [1.807, 2.05) is 0 Å². The van der Waals surface area contributed by atoms with Crippen molar-refractivity contribution in [1.29, 1.82) is 0 Å². The fraction of sp³-hybridized carbons (Fsp3) is 0. The van der Waals surface area contributed by atoms with Gasteiger partial charge in [-0.3, -0.25) is 4.79 Å². The monoisotopic (exact) mass is 248 g/mol. The smallest absolute Gasteiger partial charge is 0.253 e. The van der Waals surface area contributed by atoms with Crippen LogP contribution in [0.15, 0.2) is 4.79 Å². The third-order valence-electron chi connectivity index (χ3n) is 0.919. The Bertz CT molecular complexity index is 345. The second-order valence-electron chi connectivity index (χ2n) is 1.61. The van der Waals surface area contributed by atoms with E-state index in [-0.39, 0.29) is 24.1 Å². The molecule has 0 bridgehead atoms. The van der Waals surface area contributed by atoms with Gasteiger partial charge in [0, 0.05) is 0 Å². The fourth-order valence-corrected chi connectivity index (χ4v) is 2.10. The van der Waals surface area contributed by atoms with Crippen molar-refractivity contribution in [2.24, 2.45) is 0 Å². The molecule has 0 N–H and O–H groups in total. The molecule has 0 unspecified atom stereocenters. The Morgan fingerprint density at radius 1 is 0.909 bits per heavy atom. The first-order chi connectivity index (χ1) is 5.04. The summed E-state index contributed by atoms with van der Waals surface area (Å²) < 4.78 is -0.225. The van der Waals surface area contributed by atoms with Crippen LogP contribution >= 0.6 is 57.7 Å². The Kier molecular flexibility index (Phi) is 3.06. The van der Waals surface area contributed by atoms with Gasteiger partial charge in [0.05, 0.1) is 10.0 Å². The van der Waals surface area contributed by atoms with E-state index in [4.69, 9.17) is 46.4 Å². The molecule has 1 aromatic heterocycles. The van der Waals surface area contributed by atoms with Gasteiger partial charge < -0.3 is 0 Å². The van der Waals surface area contributed by atoms with Crippen molar-refractivity contribution in [1.82, 2.24) is 0 Å². The SMILES string of the molecule is O=c1sc(Cl)c(Cl)c(Cl)c1Cl. The van der Waals surface area contributed by atoms with Crippen LogP contribution in [-0.2, 0) is 0 Å². The Morgan fingerprint density at radius 2 is 1.45 bits per heavy atom. The third-order valence-corrected chi connectivity index (χ3v) is 3.74. The average molecular weight is 250 g/mol. The van der Waals surface area contributed by atoms with E-state index < -0.39 is 0 Å². The average Bonchev–Trinajstić information content (AvgIpc) is 1.97. The van der Waals surface area contributed by atoms with Gasteiger partial charge in [0.2, 0.25) is 0 Å². The molecule has 0 spiro atoms. The molecule has 1 heterocycles. The Labute approximate surface area is 86.5 Å². The van der Waals surface area contributed by atoms with Gasteiger partial charge in [-0.1, -0.05) is 57.7 Å². The predicted molar refractivity (Wildman–Crippen MR) is 50.6 cm³/mol. The van der Waals surface area contributed by atoms with Crippen molar-refractivity contribution >= 4 is 57.7 Å². The maximum Gasteiger partial charge on any atom is 0.253 e. The Morgan fingerprint density at radius 3 is 2.00 bits per heavy atom. The molecule has 0 amide bonds. The Balaban J connectivity index is 3.59. The number of halogens is 4. The van der Waals surface area contributed by atoms with Crippen molar-refractivity contribution in [3.63, 3.8) is 0 Å². The minimum absolute atomic E-state index is 0.0158. The maximum absolute atomic E-state index is 10.9. The van der Waals surface area contributed by atoms with Crippen molar-refractivity contribution in [2.75, 3.05) is 0 Å². The van der Waals surface area contributed by atoms with Gasteiger partial charge in [0.15, 0.2) is 0 Å². The van der Waals surface area contributed by atoms with Gasteiger partial charge >= 0.3 is 0 Å². The molecule has 1 rings (SSSR count). The van der Waals surface area contributed by atoms with Crippen LogP contribution in [0.1, 0.15) is 0 Å². The lowest BCUT2D eigenvalue weighted by molar-refractivity contribution is 1.76. The first kappa shape index (κ1) is 9.62. The molecule has 60 valence electrons. The molecule has 0 saturated carbocycles. The van der Waals surface area contributed by atoms with Crippen LogP contribution in [0.5, 0.6) is 0 Å². The molecule has 0 atom stereocenters. The van der Waals surface area contributed by atoms with E-state index in [9.17, 15) is 4.79 Å². The van der Waals surface area contributed by atoms with Crippen molar-refractivity contribution < 1.29 is 0 Å². The highest BCUT2D eigenvalue weighted by molar-refractivity contribution is 7.14. The lowest BCUT2D eigenvalue weighted by Crippen LogP contribution is -1.95. The fourth-order valence-electron chi connectivity index (χ4n) is 0.443. The van der Waals surface area contributed by atoms with E-state index in [2.05, 4.69) is 0 Å². The van der Waals surface area contributed by atoms with Crippen LogP contribution < -0.4 is 4.74 Å². The predicted octanol–water partition coefficient (Wildman–Crippen LogP) is 3.72. The summed E-state index contributed by atoms with van der Waals surface area (Å²) in [6.07, 6.45) is 0. The van der Waals surface area contributed by atoms with Gasteiger partial charge in [0.1, 0.15) is 9.36 Å². The minimum atomic E-state index is -0.383. The lowest BCUT2D eigenvalue weighted by Gasteiger charge is -1.96. The summed E-state index contributed by atoms with van der Waals surface area (Å²) in [6.45, 7) is 0. The lowest BCUT2D eigenvalue weighted by atomic mass is 10.5. The summed E-state index contributed by atoms with van der Waals surface area (Å²) in [5.74, 6) is 0. The minimum Gasteiger partial charge on any atom is -0.276 e. The summed E-state index contributed by atoms with van der Waals surface area (Å²) in [6, 6.07) is 0. The first-order valence-corrected chi connectivity index (χ1v) is 4.70. The van der Waals surface area contributed by atoms with Crippen molar-refractivity contribution in [3.8, 4) is 0 Å². The second kappa shape index (κ2) is 3.50. The summed E-state index contributed by atoms with van der Waals surface area (Å²) in [5.41, 5.74) is 0. The van der Waals surface area contributed by atoms with Gasteiger partial charge in [-0.15, -0.1) is 0 Å². The quantitative estimate of drug-likeness (QED) is 0.685. The summed E-state index contributed by atoms with van der Waals surface area (Å²) in [7, 11) is 0. The molecular weight excluding hydrogens is 250 g/mol. The molecule has 0 aromatic carbocycles. The molecule has 1 aromatic rings. The van der Waals surface area contributed by atoms with Crippen LogP contribution in [0, 0.1) is 0 Å². The molecule has 0 saturated heterocycles. The zero-order valence-corrected chi connectivity index (χ0v) is 8.67. The van der Waals surface area contributed by atoms with Crippen molar-refractivity contribution in [3.05, 3.63) is 28.9 Å². The van der Waals surface area contributed by atoms with Gasteiger partial charge in [0.25, 0.3) is 4.74 Å². The Hall–Kier alpha value is 0.530. The van der Waals surface area contributed by atoms with Crippen molar-refractivity contribution in [2.45, 2.75) is 0 Å². The zero-order valence-electron chi connectivity index (χ0n) is 4.83. The molecule has 0 fully saturated rings. The number of hydrogen-bond donors (Lipinski definition) is 0. The number of hydrogen-bond acceptors (Lipinski definition) is 2. The van der Waals surface area contributed by atoms with Gasteiger partial charge in [-0.05, 0) is 0 Å². The second-order valence-corrected chi connectivity index (χ2v) is 4.32. The zero-order chi connectivity index (χ0) is 8.59. The molecule has 6 heteroatoms. The maximum atomic E-state index is 10.9. The highest BCUT2D eigenvalue weighted by Gasteiger charge is 2.11. The van der Waals surface area contributed by atoms with E-state index in [1.165, 1.54) is 0 Å². The van der Waals surface area contributed by atoms with E-state index >= 15 is 0 Å². The normalized spacial score (nSPS) is 10.2. The molecule has 0 aliphatic rings. The molecule has 0 aliphatic carbocycles. The standard InChI is InChI=1S/C5Cl4OS/c6-1-2(7)4(9)11-5(10)3(1)8. The summed E-state index contributed by atoms with van der Waals surface area (Å²) >= 11 is 22.9. The molecule has 0 aliphatic heterocycles. The third kappa shape index (κ3) is 1.82. The van der Waals surface area contributed by atoms with Crippen LogP contribution in [0.4, 0.5) is 0 Å². The first-order valence-electron chi connectivity index (χ1n) is 2.37. The van der Waals surface area contributed by atoms with Crippen LogP contribution in [0.25, 0.3) is 0 Å². The summed E-state index contributed by atoms with van der Waals surface area (Å²) in [4.78, 5) is 10.9. The highest BCUT2D eigenvalue weighted by Crippen LogP contribution is 2.34. The topological polar surface area (TPSA) is 17.1 Å². The van der Waals surface area contributed by atoms with Gasteiger partial charge in [-0.25, -0.2) is 0 Å². The van der Waals surface area contributed by atoms with E-state index in [0.29, 0.717) is 0 Å². The molecule has 11 heavy (non-hydrogen) atoms. The molecular formula is C5Cl4OS. The number of rotatable bonds is 0. The van der Waals surface area contributed by atoms with E-state index in [1.54, 1.807) is 0 Å². The highest BCUT2D eigenvalue weighted by atomic mass is 35.5. The van der Waals surface area contributed by atoms with Crippen LogP contribution in [0.3, 0.4) is 0 Å². The molecule has 1 nitrogen and oxygen atoms in total. The van der Waals surface area contributed by atoms with Gasteiger partial charge in [-0.2, -0.15) is 0 Å². The largest absolute Gasteiger partial charge is 0.276 e.